The Morgan fingerprint density at radius 2 is 1.84 bits per heavy atom. The fourth-order valence-electron chi connectivity index (χ4n) is 2.33. The summed E-state index contributed by atoms with van der Waals surface area (Å²) in [5.74, 6) is 1.19. The monoisotopic (exact) mass is 264 g/mol. The van der Waals surface area contributed by atoms with Crippen LogP contribution in [0.25, 0.3) is 0 Å². The molecule has 0 amide bonds. The molecule has 0 aromatic heterocycles. The average molecular weight is 264 g/mol. The van der Waals surface area contributed by atoms with Gasteiger partial charge in [0.15, 0.2) is 11.5 Å². The topological polar surface area (TPSA) is 18.5 Å². The minimum atomic E-state index is -0.194. The Kier molecular flexibility index (Phi) is 4.83. The van der Waals surface area contributed by atoms with Crippen molar-refractivity contribution in [1.82, 2.24) is 0 Å². The zero-order chi connectivity index (χ0) is 13.7. The summed E-state index contributed by atoms with van der Waals surface area (Å²) in [5, 5.41) is 0. The van der Waals surface area contributed by atoms with Gasteiger partial charge in [0.25, 0.3) is 0 Å². The second-order valence-electron chi connectivity index (χ2n) is 4.74. The number of hydrogen-bond donors (Lipinski definition) is 0. The molecule has 0 bridgehead atoms. The third kappa shape index (κ3) is 3.28. The third-order valence-corrected chi connectivity index (χ3v) is 3.42. The van der Waals surface area contributed by atoms with Crippen LogP contribution < -0.4 is 9.47 Å². The van der Waals surface area contributed by atoms with Crippen LogP contribution in [0.5, 0.6) is 11.5 Å². The molecule has 19 heavy (non-hydrogen) atoms. The van der Waals surface area contributed by atoms with Crippen molar-refractivity contribution in [3.8, 4) is 11.5 Å². The van der Waals surface area contributed by atoms with Crippen molar-refractivity contribution in [2.24, 2.45) is 0 Å². The molecule has 2 nitrogen and oxygen atoms in total. The number of fused-ring (bicyclic) bond motifs is 1. The minimum absolute atomic E-state index is 0.193. The summed E-state index contributed by atoms with van der Waals surface area (Å²) >= 11 is 0. The van der Waals surface area contributed by atoms with Gasteiger partial charge < -0.3 is 9.47 Å². The quantitative estimate of drug-likeness (QED) is 0.732. The van der Waals surface area contributed by atoms with Gasteiger partial charge in [0.2, 0.25) is 0 Å². The maximum Gasteiger partial charge on any atom is 0.164 e. The van der Waals surface area contributed by atoms with Crippen molar-refractivity contribution in [3.05, 3.63) is 35.7 Å². The first-order valence-corrected chi connectivity index (χ1v) is 7.00. The third-order valence-electron chi connectivity index (χ3n) is 3.42. The summed E-state index contributed by atoms with van der Waals surface area (Å²) in [6.45, 7) is 5.20. The summed E-state index contributed by atoms with van der Waals surface area (Å²) in [7, 11) is 0. The zero-order valence-corrected chi connectivity index (χ0v) is 11.6. The molecule has 0 saturated carbocycles. The molecule has 0 aliphatic carbocycles. The van der Waals surface area contributed by atoms with Gasteiger partial charge >= 0.3 is 0 Å². The van der Waals surface area contributed by atoms with E-state index in [0.29, 0.717) is 24.7 Å². The lowest BCUT2D eigenvalue weighted by atomic mass is 9.92. The SMILES string of the molecule is CC/C=C\CC(CC)c1cc2c(cc1F)OCCO2. The van der Waals surface area contributed by atoms with Crippen LogP contribution in [0.1, 0.15) is 44.6 Å². The molecule has 1 aliphatic rings. The van der Waals surface area contributed by atoms with E-state index in [0.717, 1.165) is 24.8 Å². The van der Waals surface area contributed by atoms with Crippen LogP contribution >= 0.6 is 0 Å². The summed E-state index contributed by atoms with van der Waals surface area (Å²) < 4.78 is 25.1. The van der Waals surface area contributed by atoms with Gasteiger partial charge in [-0.3, -0.25) is 0 Å². The zero-order valence-electron chi connectivity index (χ0n) is 11.6. The Labute approximate surface area is 114 Å². The van der Waals surface area contributed by atoms with Crippen molar-refractivity contribution >= 4 is 0 Å². The van der Waals surface area contributed by atoms with Gasteiger partial charge in [-0.1, -0.05) is 26.0 Å². The molecule has 0 saturated heterocycles. The average Bonchev–Trinajstić information content (AvgIpc) is 2.43. The van der Waals surface area contributed by atoms with Gasteiger partial charge in [-0.05, 0) is 36.8 Å². The van der Waals surface area contributed by atoms with Gasteiger partial charge in [-0.2, -0.15) is 0 Å². The van der Waals surface area contributed by atoms with E-state index >= 15 is 0 Å². The minimum Gasteiger partial charge on any atom is -0.486 e. The maximum atomic E-state index is 14.2. The highest BCUT2D eigenvalue weighted by molar-refractivity contribution is 5.45. The van der Waals surface area contributed by atoms with Crippen LogP contribution in [0.2, 0.25) is 0 Å². The lowest BCUT2D eigenvalue weighted by Crippen LogP contribution is -2.16. The first kappa shape index (κ1) is 13.9. The van der Waals surface area contributed by atoms with E-state index in [2.05, 4.69) is 26.0 Å². The highest BCUT2D eigenvalue weighted by Gasteiger charge is 2.20. The van der Waals surface area contributed by atoms with Crippen molar-refractivity contribution in [2.75, 3.05) is 13.2 Å². The maximum absolute atomic E-state index is 14.2. The molecule has 1 aromatic rings. The predicted octanol–water partition coefficient (Wildman–Crippen LogP) is 4.45. The molecule has 0 radical (unpaired) electrons. The highest BCUT2D eigenvalue weighted by Crippen LogP contribution is 2.37. The molecule has 3 heteroatoms. The number of hydrogen-bond acceptors (Lipinski definition) is 2. The van der Waals surface area contributed by atoms with Gasteiger partial charge in [0, 0.05) is 6.07 Å². The molecule has 1 aliphatic heterocycles. The van der Waals surface area contributed by atoms with Crippen LogP contribution in [-0.4, -0.2) is 13.2 Å². The summed E-state index contributed by atoms with van der Waals surface area (Å²) in [6.07, 6.45) is 7.04. The van der Waals surface area contributed by atoms with Crippen molar-refractivity contribution in [2.45, 2.75) is 39.0 Å². The van der Waals surface area contributed by atoms with Crippen LogP contribution in [0, 0.1) is 5.82 Å². The van der Waals surface area contributed by atoms with Crippen LogP contribution in [0.15, 0.2) is 24.3 Å². The highest BCUT2D eigenvalue weighted by atomic mass is 19.1. The Balaban J connectivity index is 2.24. The Morgan fingerprint density at radius 1 is 1.16 bits per heavy atom. The summed E-state index contributed by atoms with van der Waals surface area (Å²) in [4.78, 5) is 0. The van der Waals surface area contributed by atoms with Crippen molar-refractivity contribution < 1.29 is 13.9 Å². The van der Waals surface area contributed by atoms with E-state index in [9.17, 15) is 4.39 Å². The molecular weight excluding hydrogens is 243 g/mol. The van der Waals surface area contributed by atoms with Gasteiger partial charge in [0.1, 0.15) is 19.0 Å². The molecule has 1 atom stereocenters. The fourth-order valence-corrected chi connectivity index (χ4v) is 2.33. The van der Waals surface area contributed by atoms with Crippen molar-refractivity contribution in [1.29, 1.82) is 0 Å². The smallest absolute Gasteiger partial charge is 0.164 e. The molecular formula is C16H21FO2. The van der Waals surface area contributed by atoms with E-state index in [1.165, 1.54) is 6.07 Å². The van der Waals surface area contributed by atoms with Crippen LogP contribution in [-0.2, 0) is 0 Å². The van der Waals surface area contributed by atoms with E-state index in [-0.39, 0.29) is 11.7 Å². The summed E-state index contributed by atoms with van der Waals surface area (Å²) in [6, 6.07) is 3.26. The number of benzene rings is 1. The van der Waals surface area contributed by atoms with E-state index in [4.69, 9.17) is 9.47 Å². The molecule has 0 spiro atoms. The number of rotatable bonds is 5. The molecule has 1 unspecified atom stereocenters. The standard InChI is InChI=1S/C16H21FO2/c1-3-5-6-7-12(4-2)13-10-15-16(11-14(13)17)19-9-8-18-15/h5-6,10-12H,3-4,7-9H2,1-2H3/b6-5-. The first-order valence-electron chi connectivity index (χ1n) is 7.00. The molecule has 1 heterocycles. The largest absolute Gasteiger partial charge is 0.486 e. The van der Waals surface area contributed by atoms with E-state index in [1.54, 1.807) is 6.07 Å². The second kappa shape index (κ2) is 6.60. The van der Waals surface area contributed by atoms with Crippen LogP contribution in [0.4, 0.5) is 4.39 Å². The number of halogens is 1. The van der Waals surface area contributed by atoms with E-state index in [1.807, 2.05) is 0 Å². The molecule has 104 valence electrons. The molecule has 1 aromatic carbocycles. The lowest BCUT2D eigenvalue weighted by Gasteiger charge is -2.22. The Morgan fingerprint density at radius 3 is 2.47 bits per heavy atom. The van der Waals surface area contributed by atoms with Crippen LogP contribution in [0.3, 0.4) is 0 Å². The van der Waals surface area contributed by atoms with E-state index < -0.39 is 0 Å². The second-order valence-corrected chi connectivity index (χ2v) is 4.74. The van der Waals surface area contributed by atoms with Gasteiger partial charge in [-0.25, -0.2) is 4.39 Å². The number of ether oxygens (including phenoxy) is 2. The molecule has 2 rings (SSSR count). The predicted molar refractivity (Wildman–Crippen MR) is 74.5 cm³/mol. The van der Waals surface area contributed by atoms with Crippen molar-refractivity contribution in [3.63, 3.8) is 0 Å². The first-order chi connectivity index (χ1) is 9.26. The van der Waals surface area contributed by atoms with Gasteiger partial charge in [0.05, 0.1) is 0 Å². The normalized spacial score (nSPS) is 15.7. The molecule has 0 fully saturated rings. The Bertz CT molecular complexity index is 454. The molecule has 0 N–H and O–H groups in total. The fraction of sp³-hybridized carbons (Fsp3) is 0.500. The van der Waals surface area contributed by atoms with Gasteiger partial charge in [-0.15, -0.1) is 0 Å². The Hall–Kier alpha value is -1.51. The lowest BCUT2D eigenvalue weighted by molar-refractivity contribution is 0.170. The summed E-state index contributed by atoms with van der Waals surface area (Å²) in [5.41, 5.74) is 0.729. The number of allylic oxidation sites excluding steroid dienone is 2.